The minimum Gasteiger partial charge on any atom is -0.444 e. The van der Waals surface area contributed by atoms with Crippen LogP contribution >= 0.6 is 0 Å². The number of carbonyl (C=O) groups excluding carboxylic acids is 1. The Morgan fingerprint density at radius 3 is 2.57 bits per heavy atom. The number of benzene rings is 1. The maximum Gasteiger partial charge on any atom is 0.410 e. The van der Waals surface area contributed by atoms with Crippen LogP contribution in [0.5, 0.6) is 0 Å². The fraction of sp³-hybridized carbons (Fsp3) is 0.353. The number of hydrogen-bond acceptors (Lipinski definition) is 4. The van der Waals surface area contributed by atoms with E-state index in [9.17, 15) is 9.59 Å². The van der Waals surface area contributed by atoms with Crippen molar-refractivity contribution in [1.82, 2.24) is 14.9 Å². The minimum absolute atomic E-state index is 0.208. The van der Waals surface area contributed by atoms with E-state index < -0.39 is 11.7 Å². The number of amides is 1. The summed E-state index contributed by atoms with van der Waals surface area (Å²) in [5.74, 6) is 0.514. The molecule has 3 rings (SSSR count). The van der Waals surface area contributed by atoms with Crippen LogP contribution in [0.15, 0.2) is 35.1 Å². The molecule has 1 aliphatic heterocycles. The highest BCUT2D eigenvalue weighted by atomic mass is 16.6. The molecule has 1 aromatic carbocycles. The molecule has 1 amide bonds. The molecule has 6 nitrogen and oxygen atoms in total. The van der Waals surface area contributed by atoms with Crippen LogP contribution < -0.4 is 5.56 Å². The largest absolute Gasteiger partial charge is 0.444 e. The maximum absolute atomic E-state index is 12.3. The second-order valence-corrected chi connectivity index (χ2v) is 6.54. The van der Waals surface area contributed by atoms with E-state index in [-0.39, 0.29) is 18.6 Å². The molecular weight excluding hydrogens is 294 g/mol. The van der Waals surface area contributed by atoms with E-state index in [1.54, 1.807) is 0 Å². The van der Waals surface area contributed by atoms with Crippen LogP contribution in [0.25, 0.3) is 11.4 Å². The Balaban J connectivity index is 1.87. The number of aromatic nitrogens is 2. The van der Waals surface area contributed by atoms with E-state index in [1.807, 2.05) is 51.1 Å². The number of carbonyl (C=O) groups is 1. The third-order valence-corrected chi connectivity index (χ3v) is 3.49. The maximum atomic E-state index is 12.3. The molecule has 0 spiro atoms. The molecule has 0 aliphatic carbocycles. The van der Waals surface area contributed by atoms with Crippen molar-refractivity contribution in [2.45, 2.75) is 39.5 Å². The van der Waals surface area contributed by atoms with Crippen LogP contribution in [0.1, 0.15) is 32.0 Å². The molecule has 120 valence electrons. The smallest absolute Gasteiger partial charge is 0.410 e. The van der Waals surface area contributed by atoms with Gasteiger partial charge >= 0.3 is 6.09 Å². The topological polar surface area (TPSA) is 75.3 Å². The number of hydrogen-bond donors (Lipinski definition) is 1. The predicted octanol–water partition coefficient (Wildman–Crippen LogP) is 2.69. The van der Waals surface area contributed by atoms with E-state index in [2.05, 4.69) is 9.97 Å². The van der Waals surface area contributed by atoms with Gasteiger partial charge in [0.05, 0.1) is 24.3 Å². The van der Waals surface area contributed by atoms with Gasteiger partial charge in [0, 0.05) is 5.56 Å². The average molecular weight is 313 g/mol. The molecule has 0 fully saturated rings. The van der Waals surface area contributed by atoms with E-state index in [4.69, 9.17) is 4.74 Å². The Kier molecular flexibility index (Phi) is 3.67. The molecule has 23 heavy (non-hydrogen) atoms. The molecule has 0 atom stereocenters. The molecular formula is C17H19N3O3. The highest BCUT2D eigenvalue weighted by Crippen LogP contribution is 2.22. The van der Waals surface area contributed by atoms with Gasteiger partial charge in [-0.2, -0.15) is 0 Å². The van der Waals surface area contributed by atoms with Gasteiger partial charge in [-0.1, -0.05) is 30.3 Å². The summed E-state index contributed by atoms with van der Waals surface area (Å²) in [4.78, 5) is 33.2. The standard InChI is InChI=1S/C17H19N3O3/c1-17(2,3)23-16(22)20-9-12-13(10-20)18-14(19-15(12)21)11-7-5-4-6-8-11/h4-8H,9-10H2,1-3H3,(H,18,19,21). The quantitative estimate of drug-likeness (QED) is 0.878. The van der Waals surface area contributed by atoms with E-state index in [0.29, 0.717) is 17.1 Å². The second kappa shape index (κ2) is 5.53. The fourth-order valence-corrected chi connectivity index (χ4v) is 2.45. The van der Waals surface area contributed by atoms with Crippen LogP contribution in [-0.2, 0) is 17.8 Å². The molecule has 2 aromatic rings. The van der Waals surface area contributed by atoms with Gasteiger partial charge in [0.1, 0.15) is 11.4 Å². The first-order valence-electron chi connectivity index (χ1n) is 7.49. The van der Waals surface area contributed by atoms with Gasteiger partial charge in [-0.15, -0.1) is 0 Å². The Morgan fingerprint density at radius 2 is 1.91 bits per heavy atom. The van der Waals surface area contributed by atoms with Crippen molar-refractivity contribution in [3.05, 3.63) is 51.9 Å². The lowest BCUT2D eigenvalue weighted by Crippen LogP contribution is -2.33. The summed E-state index contributed by atoms with van der Waals surface area (Å²) in [6, 6.07) is 9.43. The molecule has 6 heteroatoms. The van der Waals surface area contributed by atoms with Gasteiger partial charge in [0.2, 0.25) is 0 Å². The van der Waals surface area contributed by atoms with Crippen molar-refractivity contribution >= 4 is 6.09 Å². The van der Waals surface area contributed by atoms with Crippen LogP contribution in [0, 0.1) is 0 Å². The Bertz CT molecular complexity index is 791. The second-order valence-electron chi connectivity index (χ2n) is 6.54. The van der Waals surface area contributed by atoms with Gasteiger partial charge in [-0.25, -0.2) is 9.78 Å². The van der Waals surface area contributed by atoms with Crippen LogP contribution in [0.2, 0.25) is 0 Å². The molecule has 2 heterocycles. The van der Waals surface area contributed by atoms with E-state index >= 15 is 0 Å². The van der Waals surface area contributed by atoms with Gasteiger partial charge < -0.3 is 9.72 Å². The van der Waals surface area contributed by atoms with Gasteiger partial charge in [-0.05, 0) is 20.8 Å². The summed E-state index contributed by atoms with van der Waals surface area (Å²) in [5, 5.41) is 0. The first kappa shape index (κ1) is 15.3. The number of nitrogens with one attached hydrogen (secondary N) is 1. The summed E-state index contributed by atoms with van der Waals surface area (Å²) in [7, 11) is 0. The number of rotatable bonds is 1. The highest BCUT2D eigenvalue weighted by Gasteiger charge is 2.30. The first-order valence-corrected chi connectivity index (χ1v) is 7.49. The molecule has 1 aliphatic rings. The van der Waals surface area contributed by atoms with Crippen molar-refractivity contribution < 1.29 is 9.53 Å². The van der Waals surface area contributed by atoms with Crippen molar-refractivity contribution in [3.8, 4) is 11.4 Å². The van der Waals surface area contributed by atoms with Crippen molar-refractivity contribution in [3.63, 3.8) is 0 Å². The predicted molar refractivity (Wildman–Crippen MR) is 85.8 cm³/mol. The summed E-state index contributed by atoms with van der Waals surface area (Å²) in [6.07, 6.45) is -0.434. The lowest BCUT2D eigenvalue weighted by molar-refractivity contribution is 0.0240. The zero-order valence-electron chi connectivity index (χ0n) is 13.4. The fourth-order valence-electron chi connectivity index (χ4n) is 2.45. The third-order valence-electron chi connectivity index (χ3n) is 3.49. The zero-order valence-corrected chi connectivity index (χ0v) is 13.4. The zero-order chi connectivity index (χ0) is 16.6. The number of ether oxygens (including phenoxy) is 1. The van der Waals surface area contributed by atoms with Gasteiger partial charge in [0.15, 0.2) is 0 Å². The van der Waals surface area contributed by atoms with Crippen molar-refractivity contribution in [2.75, 3.05) is 0 Å². The lowest BCUT2D eigenvalue weighted by Gasteiger charge is -2.23. The third kappa shape index (κ3) is 3.26. The van der Waals surface area contributed by atoms with Crippen molar-refractivity contribution in [2.24, 2.45) is 0 Å². The Hall–Kier alpha value is -2.63. The molecule has 0 saturated carbocycles. The van der Waals surface area contributed by atoms with Crippen LogP contribution in [0.4, 0.5) is 4.79 Å². The monoisotopic (exact) mass is 313 g/mol. The Labute approximate surface area is 134 Å². The average Bonchev–Trinajstić information content (AvgIpc) is 2.91. The molecule has 0 saturated heterocycles. The van der Waals surface area contributed by atoms with Crippen LogP contribution in [-0.4, -0.2) is 26.6 Å². The first-order chi connectivity index (χ1) is 10.8. The molecule has 0 bridgehead atoms. The molecule has 1 N–H and O–H groups in total. The molecule has 0 unspecified atom stereocenters. The number of aromatic amines is 1. The SMILES string of the molecule is CC(C)(C)OC(=O)N1Cc2nc(-c3ccccc3)[nH]c(=O)c2C1. The minimum atomic E-state index is -0.569. The summed E-state index contributed by atoms with van der Waals surface area (Å²) >= 11 is 0. The highest BCUT2D eigenvalue weighted by molar-refractivity contribution is 5.69. The van der Waals surface area contributed by atoms with Gasteiger partial charge in [-0.3, -0.25) is 9.69 Å². The molecule has 0 radical (unpaired) electrons. The lowest BCUT2D eigenvalue weighted by atomic mass is 10.2. The number of H-pyrrole nitrogens is 1. The van der Waals surface area contributed by atoms with Crippen LogP contribution in [0.3, 0.4) is 0 Å². The van der Waals surface area contributed by atoms with E-state index in [1.165, 1.54) is 4.90 Å². The van der Waals surface area contributed by atoms with Gasteiger partial charge in [0.25, 0.3) is 5.56 Å². The number of fused-ring (bicyclic) bond motifs is 1. The Morgan fingerprint density at radius 1 is 1.22 bits per heavy atom. The van der Waals surface area contributed by atoms with Crippen molar-refractivity contribution in [1.29, 1.82) is 0 Å². The van der Waals surface area contributed by atoms with E-state index in [0.717, 1.165) is 5.56 Å². The number of nitrogens with zero attached hydrogens (tertiary/aromatic N) is 2. The normalized spacial score (nSPS) is 13.8. The summed E-state index contributed by atoms with van der Waals surface area (Å²) in [6.45, 7) is 5.95. The summed E-state index contributed by atoms with van der Waals surface area (Å²) in [5.41, 5.74) is 1.21. The summed E-state index contributed by atoms with van der Waals surface area (Å²) < 4.78 is 5.35. The molecule has 1 aromatic heterocycles.